The van der Waals surface area contributed by atoms with Crippen LogP contribution in [0.3, 0.4) is 0 Å². The van der Waals surface area contributed by atoms with Gasteiger partial charge in [-0.25, -0.2) is 4.39 Å². The Bertz CT molecular complexity index is 588. The van der Waals surface area contributed by atoms with E-state index in [0.29, 0.717) is 6.04 Å². The Kier molecular flexibility index (Phi) is 3.34. The maximum absolute atomic E-state index is 13.2. The molecule has 1 aliphatic carbocycles. The summed E-state index contributed by atoms with van der Waals surface area (Å²) >= 11 is 0. The standard InChI is InChI=1S/C17H18FN/c1-12-10-14(18)6-9-16(12)17-5-3-2-4-13(17)11-19-15-7-8-15/h2-6,9-10,15,19H,7-8,11H2,1H3. The monoisotopic (exact) mass is 255 g/mol. The Hall–Kier alpha value is -1.67. The number of rotatable bonds is 4. The zero-order valence-corrected chi connectivity index (χ0v) is 11.1. The first kappa shape index (κ1) is 12.4. The van der Waals surface area contributed by atoms with Crippen LogP contribution in [0.5, 0.6) is 0 Å². The first-order valence-electron chi connectivity index (χ1n) is 6.82. The predicted molar refractivity (Wildman–Crippen MR) is 76.4 cm³/mol. The van der Waals surface area contributed by atoms with Gasteiger partial charge in [-0.05, 0) is 54.2 Å². The lowest BCUT2D eigenvalue weighted by Crippen LogP contribution is -2.15. The smallest absolute Gasteiger partial charge is 0.123 e. The fraction of sp³-hybridized carbons (Fsp3) is 0.294. The van der Waals surface area contributed by atoms with E-state index in [4.69, 9.17) is 0 Å². The summed E-state index contributed by atoms with van der Waals surface area (Å²) in [6.07, 6.45) is 2.58. The molecule has 1 fully saturated rings. The molecule has 1 nitrogen and oxygen atoms in total. The molecule has 0 saturated heterocycles. The number of aryl methyl sites for hydroxylation is 1. The van der Waals surface area contributed by atoms with Crippen molar-refractivity contribution in [3.05, 3.63) is 59.4 Å². The molecule has 19 heavy (non-hydrogen) atoms. The van der Waals surface area contributed by atoms with Gasteiger partial charge in [-0.3, -0.25) is 0 Å². The summed E-state index contributed by atoms with van der Waals surface area (Å²) in [6.45, 7) is 2.85. The average Bonchev–Trinajstić information content (AvgIpc) is 3.21. The van der Waals surface area contributed by atoms with Crippen LogP contribution in [0.25, 0.3) is 11.1 Å². The molecule has 0 aliphatic heterocycles. The Morgan fingerprint density at radius 2 is 1.89 bits per heavy atom. The zero-order valence-electron chi connectivity index (χ0n) is 11.1. The highest BCUT2D eigenvalue weighted by Crippen LogP contribution is 2.28. The number of benzene rings is 2. The van der Waals surface area contributed by atoms with Crippen LogP contribution in [-0.2, 0) is 6.54 Å². The normalized spacial score (nSPS) is 14.6. The van der Waals surface area contributed by atoms with Gasteiger partial charge in [-0.1, -0.05) is 30.3 Å². The van der Waals surface area contributed by atoms with Gasteiger partial charge in [-0.15, -0.1) is 0 Å². The van der Waals surface area contributed by atoms with E-state index < -0.39 is 0 Å². The van der Waals surface area contributed by atoms with Gasteiger partial charge >= 0.3 is 0 Å². The van der Waals surface area contributed by atoms with Crippen LogP contribution in [-0.4, -0.2) is 6.04 Å². The minimum absolute atomic E-state index is 0.171. The molecular weight excluding hydrogens is 237 g/mol. The van der Waals surface area contributed by atoms with Crippen molar-refractivity contribution in [2.75, 3.05) is 0 Å². The van der Waals surface area contributed by atoms with Crippen LogP contribution < -0.4 is 5.32 Å². The molecule has 1 saturated carbocycles. The third kappa shape index (κ3) is 2.85. The second-order valence-corrected chi connectivity index (χ2v) is 5.27. The van der Waals surface area contributed by atoms with E-state index in [2.05, 4.69) is 23.5 Å². The molecule has 98 valence electrons. The molecule has 0 amide bonds. The van der Waals surface area contributed by atoms with Crippen LogP contribution in [0.2, 0.25) is 0 Å². The van der Waals surface area contributed by atoms with Crippen LogP contribution >= 0.6 is 0 Å². The van der Waals surface area contributed by atoms with Crippen molar-refractivity contribution >= 4 is 0 Å². The third-order valence-electron chi connectivity index (χ3n) is 3.65. The van der Waals surface area contributed by atoms with Crippen molar-refractivity contribution < 1.29 is 4.39 Å². The molecule has 0 spiro atoms. The molecule has 2 aromatic rings. The third-order valence-corrected chi connectivity index (χ3v) is 3.65. The second-order valence-electron chi connectivity index (χ2n) is 5.27. The van der Waals surface area contributed by atoms with Gasteiger partial charge in [0.1, 0.15) is 5.82 Å². The summed E-state index contributed by atoms with van der Waals surface area (Å²) in [5, 5.41) is 3.54. The minimum atomic E-state index is -0.171. The van der Waals surface area contributed by atoms with E-state index in [1.807, 2.05) is 19.1 Å². The van der Waals surface area contributed by atoms with Crippen molar-refractivity contribution in [3.63, 3.8) is 0 Å². The molecule has 1 aliphatic rings. The van der Waals surface area contributed by atoms with Gasteiger partial charge in [0, 0.05) is 12.6 Å². The first-order chi connectivity index (χ1) is 9.24. The Balaban J connectivity index is 1.93. The summed E-state index contributed by atoms with van der Waals surface area (Å²) < 4.78 is 13.2. The fourth-order valence-corrected chi connectivity index (χ4v) is 2.41. The molecule has 0 bridgehead atoms. The van der Waals surface area contributed by atoms with E-state index in [-0.39, 0.29) is 5.82 Å². The van der Waals surface area contributed by atoms with Gasteiger partial charge < -0.3 is 5.32 Å². The van der Waals surface area contributed by atoms with Gasteiger partial charge in [0.25, 0.3) is 0 Å². The lowest BCUT2D eigenvalue weighted by Gasteiger charge is -2.12. The van der Waals surface area contributed by atoms with Crippen LogP contribution in [0.1, 0.15) is 24.0 Å². The second kappa shape index (κ2) is 5.14. The molecule has 0 atom stereocenters. The molecule has 1 N–H and O–H groups in total. The van der Waals surface area contributed by atoms with Crippen molar-refractivity contribution in [1.82, 2.24) is 5.32 Å². The molecule has 2 heteroatoms. The van der Waals surface area contributed by atoms with Crippen LogP contribution in [0.15, 0.2) is 42.5 Å². The van der Waals surface area contributed by atoms with E-state index in [1.54, 1.807) is 6.07 Å². The summed E-state index contributed by atoms with van der Waals surface area (Å²) in [7, 11) is 0. The van der Waals surface area contributed by atoms with Crippen LogP contribution in [0, 0.1) is 12.7 Å². The lowest BCUT2D eigenvalue weighted by atomic mass is 9.96. The highest BCUT2D eigenvalue weighted by atomic mass is 19.1. The number of halogens is 1. The average molecular weight is 255 g/mol. The van der Waals surface area contributed by atoms with Gasteiger partial charge in [0.05, 0.1) is 0 Å². The van der Waals surface area contributed by atoms with Crippen molar-refractivity contribution in [2.24, 2.45) is 0 Å². The highest BCUT2D eigenvalue weighted by molar-refractivity contribution is 5.70. The van der Waals surface area contributed by atoms with Crippen LogP contribution in [0.4, 0.5) is 4.39 Å². The SMILES string of the molecule is Cc1cc(F)ccc1-c1ccccc1CNC1CC1. The summed E-state index contributed by atoms with van der Waals surface area (Å²) in [4.78, 5) is 0. The van der Waals surface area contributed by atoms with Crippen molar-refractivity contribution in [1.29, 1.82) is 0 Å². The quantitative estimate of drug-likeness (QED) is 0.869. The molecule has 0 heterocycles. The molecular formula is C17H18FN. The summed E-state index contributed by atoms with van der Waals surface area (Å²) in [5.41, 5.74) is 4.59. The van der Waals surface area contributed by atoms with Crippen molar-refractivity contribution in [2.45, 2.75) is 32.4 Å². The lowest BCUT2D eigenvalue weighted by molar-refractivity contribution is 0.627. The summed E-state index contributed by atoms with van der Waals surface area (Å²) in [5.74, 6) is -0.171. The molecule has 0 unspecified atom stereocenters. The minimum Gasteiger partial charge on any atom is -0.310 e. The largest absolute Gasteiger partial charge is 0.310 e. The van der Waals surface area contributed by atoms with E-state index in [9.17, 15) is 4.39 Å². The molecule has 2 aromatic carbocycles. The van der Waals surface area contributed by atoms with Gasteiger partial charge in [0.2, 0.25) is 0 Å². The Morgan fingerprint density at radius 1 is 1.11 bits per heavy atom. The van der Waals surface area contributed by atoms with Gasteiger partial charge in [-0.2, -0.15) is 0 Å². The Labute approximate surface area is 113 Å². The van der Waals surface area contributed by atoms with Crippen molar-refractivity contribution in [3.8, 4) is 11.1 Å². The molecule has 0 radical (unpaired) electrons. The number of hydrogen-bond donors (Lipinski definition) is 1. The maximum Gasteiger partial charge on any atom is 0.123 e. The summed E-state index contributed by atoms with van der Waals surface area (Å²) in [6, 6.07) is 14.1. The fourth-order valence-electron chi connectivity index (χ4n) is 2.41. The number of hydrogen-bond acceptors (Lipinski definition) is 1. The molecule has 0 aromatic heterocycles. The predicted octanol–water partition coefficient (Wildman–Crippen LogP) is 4.05. The highest BCUT2D eigenvalue weighted by Gasteiger charge is 2.20. The first-order valence-corrected chi connectivity index (χ1v) is 6.82. The topological polar surface area (TPSA) is 12.0 Å². The van der Waals surface area contributed by atoms with E-state index in [0.717, 1.165) is 17.7 Å². The zero-order chi connectivity index (χ0) is 13.2. The Morgan fingerprint density at radius 3 is 2.63 bits per heavy atom. The van der Waals surface area contributed by atoms with E-state index >= 15 is 0 Å². The molecule has 3 rings (SSSR count). The van der Waals surface area contributed by atoms with Gasteiger partial charge in [0.15, 0.2) is 0 Å². The van der Waals surface area contributed by atoms with E-state index in [1.165, 1.54) is 30.0 Å². The maximum atomic E-state index is 13.2. The number of nitrogens with one attached hydrogen (secondary N) is 1.